The molecular weight excluding hydrogens is 212 g/mol. The average Bonchev–Trinajstić information content (AvgIpc) is 2.32. The van der Waals surface area contributed by atoms with Gasteiger partial charge in [0.2, 0.25) is 0 Å². The van der Waals surface area contributed by atoms with E-state index in [1.54, 1.807) is 18.2 Å². The van der Waals surface area contributed by atoms with Crippen molar-refractivity contribution in [3.63, 3.8) is 0 Å². The van der Waals surface area contributed by atoms with Crippen LogP contribution in [0.3, 0.4) is 0 Å². The number of rotatable bonds is 5. The second-order valence-corrected chi connectivity index (χ2v) is 2.98. The van der Waals surface area contributed by atoms with E-state index in [1.165, 1.54) is 12.1 Å². The third-order valence-corrected chi connectivity index (χ3v) is 2.14. The van der Waals surface area contributed by atoms with Gasteiger partial charge in [0.25, 0.3) is 5.78 Å². The molecule has 0 bridgehead atoms. The lowest BCUT2D eigenvalue weighted by Gasteiger charge is -2.22. The topological polar surface area (TPSA) is 85.5 Å². The van der Waals surface area contributed by atoms with Gasteiger partial charge in [0.1, 0.15) is 0 Å². The first-order valence-corrected chi connectivity index (χ1v) is 4.47. The van der Waals surface area contributed by atoms with Gasteiger partial charge in [-0.25, -0.2) is 0 Å². The standard InChI is InChI=1S/C10H12N2O4/c1-15-10(16-2,12(11)14)9(13)8-6-4-3-5-7-8/h3-7,11H,1-2H3. The van der Waals surface area contributed by atoms with Gasteiger partial charge < -0.3 is 5.21 Å². The highest BCUT2D eigenvalue weighted by molar-refractivity contribution is 6.00. The van der Waals surface area contributed by atoms with Gasteiger partial charge >= 0.3 is 5.91 Å². The first kappa shape index (κ1) is 12.3. The molecule has 6 heteroatoms. The number of ketones is 1. The summed E-state index contributed by atoms with van der Waals surface area (Å²) in [6, 6.07) is 8.04. The molecule has 0 aliphatic rings. The zero-order valence-corrected chi connectivity index (χ0v) is 8.97. The molecule has 16 heavy (non-hydrogen) atoms. The van der Waals surface area contributed by atoms with Crippen LogP contribution in [-0.2, 0) is 9.47 Å². The Morgan fingerprint density at radius 1 is 1.31 bits per heavy atom. The Balaban J connectivity index is 3.15. The number of methoxy groups -OCH3 is 2. The zero-order valence-electron chi connectivity index (χ0n) is 8.97. The maximum atomic E-state index is 12.0. The van der Waals surface area contributed by atoms with Crippen molar-refractivity contribution in [2.45, 2.75) is 5.91 Å². The van der Waals surface area contributed by atoms with Crippen LogP contribution in [0.4, 0.5) is 0 Å². The van der Waals surface area contributed by atoms with Crippen molar-refractivity contribution < 1.29 is 19.1 Å². The molecule has 0 aliphatic carbocycles. The average molecular weight is 224 g/mol. The number of hydrogen-bond donors (Lipinski definition) is 1. The smallest absolute Gasteiger partial charge is 0.487 e. The molecule has 0 spiro atoms. The fourth-order valence-electron chi connectivity index (χ4n) is 1.30. The van der Waals surface area contributed by atoms with Crippen LogP contribution in [0.2, 0.25) is 0 Å². The Hall–Kier alpha value is -1.79. The summed E-state index contributed by atoms with van der Waals surface area (Å²) in [7, 11) is 2.26. The third-order valence-electron chi connectivity index (χ3n) is 2.14. The van der Waals surface area contributed by atoms with Gasteiger partial charge in [-0.2, -0.15) is 0 Å². The minimum atomic E-state index is -2.25. The Morgan fingerprint density at radius 2 is 1.81 bits per heavy atom. The largest absolute Gasteiger partial charge is 0.595 e. The molecule has 6 nitrogen and oxygen atoms in total. The van der Waals surface area contributed by atoms with Gasteiger partial charge in [0.05, 0.1) is 0 Å². The number of ether oxygens (including phenoxy) is 2. The highest BCUT2D eigenvalue weighted by Gasteiger charge is 2.50. The monoisotopic (exact) mass is 224 g/mol. The summed E-state index contributed by atoms with van der Waals surface area (Å²) in [6.45, 7) is 0. The number of nitrogens with zero attached hydrogens (tertiary/aromatic N) is 1. The Kier molecular flexibility index (Phi) is 3.70. The molecule has 0 saturated heterocycles. The van der Waals surface area contributed by atoms with Gasteiger partial charge in [-0.1, -0.05) is 30.3 Å². The molecule has 0 aromatic heterocycles. The highest BCUT2D eigenvalue weighted by atomic mass is 16.8. The molecule has 0 heterocycles. The van der Waals surface area contributed by atoms with E-state index in [1.807, 2.05) is 0 Å². The van der Waals surface area contributed by atoms with Crippen LogP contribution in [-0.4, -0.2) is 30.8 Å². The summed E-state index contributed by atoms with van der Waals surface area (Å²) in [4.78, 5) is 11.6. The molecule has 1 rings (SSSR count). The van der Waals surface area contributed by atoms with Crippen LogP contribution >= 0.6 is 0 Å². The number of benzene rings is 1. The van der Waals surface area contributed by atoms with E-state index >= 15 is 0 Å². The Labute approximate surface area is 92.5 Å². The van der Waals surface area contributed by atoms with Crippen molar-refractivity contribution in [3.8, 4) is 0 Å². The van der Waals surface area contributed by atoms with Crippen LogP contribution in [0.5, 0.6) is 0 Å². The van der Waals surface area contributed by atoms with Gasteiger partial charge in [0.15, 0.2) is 0 Å². The fourth-order valence-corrected chi connectivity index (χ4v) is 1.30. The van der Waals surface area contributed by atoms with Gasteiger partial charge in [-0.05, 0) is 10.4 Å². The summed E-state index contributed by atoms with van der Waals surface area (Å²) >= 11 is 0. The molecule has 1 aromatic rings. The first-order valence-electron chi connectivity index (χ1n) is 4.47. The molecule has 0 aliphatic heterocycles. The summed E-state index contributed by atoms with van der Waals surface area (Å²) in [5, 5.41) is 11.1. The number of nitrogens with one attached hydrogen (secondary N) is 1. The van der Waals surface area contributed by atoms with Crippen molar-refractivity contribution in [1.82, 2.24) is 0 Å². The number of hydrogen-bond acceptors (Lipinski definition) is 5. The Bertz CT molecular complexity index is 387. The van der Waals surface area contributed by atoms with E-state index in [0.717, 1.165) is 14.2 Å². The summed E-state index contributed by atoms with van der Waals surface area (Å²) in [5.74, 6) is -2.97. The predicted octanol–water partition coefficient (Wildman–Crippen LogP) is 1.36. The quantitative estimate of drug-likeness (QED) is 0.269. The van der Waals surface area contributed by atoms with E-state index in [9.17, 15) is 10.0 Å². The van der Waals surface area contributed by atoms with Gasteiger partial charge in [-0.15, -0.1) is 0 Å². The third kappa shape index (κ3) is 1.93. The number of carbonyl (C=O) groups excluding carboxylic acids is 1. The normalized spacial score (nSPS) is 11.1. The molecule has 0 saturated carbocycles. The van der Waals surface area contributed by atoms with E-state index in [2.05, 4.69) is 0 Å². The lowest BCUT2D eigenvalue weighted by Crippen LogP contribution is -2.49. The summed E-state index contributed by atoms with van der Waals surface area (Å²) in [5.41, 5.74) is 7.21. The number of Topliss-reactive ketones (excluding diaryl/α,β-unsaturated/α-hetero) is 1. The molecule has 0 radical (unpaired) electrons. The van der Waals surface area contributed by atoms with E-state index in [4.69, 9.17) is 15.0 Å². The van der Waals surface area contributed by atoms with Crippen molar-refractivity contribution in [2.24, 2.45) is 0 Å². The SMILES string of the molecule is COC(OC)(C(=O)c1ccccc1)[N+](=N)[O-]. The van der Waals surface area contributed by atoms with Crippen LogP contribution in [0, 0.1) is 10.7 Å². The van der Waals surface area contributed by atoms with Crippen LogP contribution < -0.4 is 0 Å². The molecule has 0 atom stereocenters. The fraction of sp³-hybridized carbons (Fsp3) is 0.300. The van der Waals surface area contributed by atoms with Crippen molar-refractivity contribution in [1.29, 1.82) is 5.53 Å². The zero-order chi connectivity index (χ0) is 12.2. The molecular formula is C10H12N2O4. The maximum absolute atomic E-state index is 12.0. The second-order valence-electron chi connectivity index (χ2n) is 2.98. The minimum Gasteiger partial charge on any atom is -0.595 e. The summed E-state index contributed by atoms with van der Waals surface area (Å²) in [6.07, 6.45) is 0. The highest BCUT2D eigenvalue weighted by Crippen LogP contribution is 2.19. The van der Waals surface area contributed by atoms with Crippen LogP contribution in [0.1, 0.15) is 10.4 Å². The molecule has 0 amide bonds. The summed E-state index contributed by atoms with van der Waals surface area (Å²) < 4.78 is 9.44. The van der Waals surface area contributed by atoms with Crippen molar-refractivity contribution in [3.05, 3.63) is 41.1 Å². The Morgan fingerprint density at radius 3 is 2.19 bits per heavy atom. The predicted molar refractivity (Wildman–Crippen MR) is 53.9 cm³/mol. The maximum Gasteiger partial charge on any atom is 0.487 e. The molecule has 0 unspecified atom stereocenters. The lowest BCUT2D eigenvalue weighted by molar-refractivity contribution is -0.710. The molecule has 0 fully saturated rings. The van der Waals surface area contributed by atoms with E-state index in [-0.39, 0.29) is 5.56 Å². The van der Waals surface area contributed by atoms with E-state index in [0.29, 0.717) is 0 Å². The van der Waals surface area contributed by atoms with E-state index < -0.39 is 16.6 Å². The number of hydroxylamine groups is 1. The first-order chi connectivity index (χ1) is 7.58. The van der Waals surface area contributed by atoms with Crippen molar-refractivity contribution in [2.75, 3.05) is 14.2 Å². The lowest BCUT2D eigenvalue weighted by atomic mass is 10.1. The van der Waals surface area contributed by atoms with Crippen LogP contribution in [0.25, 0.3) is 0 Å². The molecule has 1 aromatic carbocycles. The van der Waals surface area contributed by atoms with Gasteiger partial charge in [-0.3, -0.25) is 14.3 Å². The van der Waals surface area contributed by atoms with Crippen molar-refractivity contribution >= 4 is 5.78 Å². The number of carbonyl (C=O) groups is 1. The minimum absolute atomic E-state index is 0.235. The molecule has 1 N–H and O–H groups in total. The van der Waals surface area contributed by atoms with Gasteiger partial charge in [0, 0.05) is 19.8 Å². The van der Waals surface area contributed by atoms with Crippen LogP contribution in [0.15, 0.2) is 30.3 Å². The second kappa shape index (κ2) is 4.82. The molecule has 86 valence electrons.